The van der Waals surface area contributed by atoms with E-state index in [1.54, 1.807) is 6.07 Å². The van der Waals surface area contributed by atoms with Gasteiger partial charge in [-0.2, -0.15) is 9.61 Å². The average Bonchev–Trinajstić information content (AvgIpc) is 2.79. The van der Waals surface area contributed by atoms with Gasteiger partial charge in [-0.15, -0.1) is 0 Å². The summed E-state index contributed by atoms with van der Waals surface area (Å²) >= 11 is 3.44. The maximum Gasteiger partial charge on any atom is 0.215 e. The number of rotatable bonds is 3. The van der Waals surface area contributed by atoms with Gasteiger partial charge in [-0.05, 0) is 53.5 Å². The molecule has 3 aromatic rings. The van der Waals surface area contributed by atoms with E-state index in [1.807, 2.05) is 19.9 Å². The Balaban J connectivity index is 2.00. The summed E-state index contributed by atoms with van der Waals surface area (Å²) in [4.78, 5) is 0. The fourth-order valence-corrected chi connectivity index (χ4v) is 2.64. The number of pyridine rings is 1. The van der Waals surface area contributed by atoms with Crippen LogP contribution in [0.5, 0.6) is 5.88 Å². The summed E-state index contributed by atoms with van der Waals surface area (Å²) in [7, 11) is 0. The minimum atomic E-state index is -1.24. The zero-order valence-electron chi connectivity index (χ0n) is 12.3. The van der Waals surface area contributed by atoms with Crippen molar-refractivity contribution >= 4 is 21.4 Å². The van der Waals surface area contributed by atoms with Crippen LogP contribution in [0.1, 0.15) is 16.8 Å². The molecule has 23 heavy (non-hydrogen) atoms. The second-order valence-corrected chi connectivity index (χ2v) is 5.97. The lowest BCUT2D eigenvalue weighted by atomic mass is 10.2. The van der Waals surface area contributed by atoms with Gasteiger partial charge in [-0.25, -0.2) is 13.2 Å². The van der Waals surface area contributed by atoms with E-state index in [0.717, 1.165) is 33.4 Å². The summed E-state index contributed by atoms with van der Waals surface area (Å²) in [6.45, 7) is 3.25. The molecule has 2 aromatic heterocycles. The molecule has 0 saturated carbocycles. The van der Waals surface area contributed by atoms with Gasteiger partial charge >= 0.3 is 0 Å². The van der Waals surface area contributed by atoms with Crippen molar-refractivity contribution in [2.75, 3.05) is 0 Å². The van der Waals surface area contributed by atoms with Gasteiger partial charge in [-0.1, -0.05) is 0 Å². The molecule has 2 heterocycles. The second kappa shape index (κ2) is 5.88. The normalized spacial score (nSPS) is 11.2. The number of ether oxygens (including phenoxy) is 1. The molecule has 120 valence electrons. The molecule has 0 aliphatic carbocycles. The topological polar surface area (TPSA) is 26.5 Å². The van der Waals surface area contributed by atoms with Crippen LogP contribution in [0, 0.1) is 31.3 Å². The van der Waals surface area contributed by atoms with Crippen LogP contribution in [0.2, 0.25) is 0 Å². The van der Waals surface area contributed by atoms with E-state index >= 15 is 0 Å². The maximum atomic E-state index is 13.7. The standard InChI is InChI=1S/C16H12BrF3N2O/c1-8-5-13-15(17)9(2)21-22(13)14(6-8)23-7-10-11(18)3-4-12(19)16(10)20/h3-6H,7H2,1-2H3. The van der Waals surface area contributed by atoms with Crippen molar-refractivity contribution in [3.8, 4) is 5.88 Å². The van der Waals surface area contributed by atoms with Crippen LogP contribution in [-0.2, 0) is 6.61 Å². The Morgan fingerprint density at radius 2 is 1.83 bits per heavy atom. The Kier molecular flexibility index (Phi) is 4.06. The van der Waals surface area contributed by atoms with Gasteiger partial charge in [0.05, 0.1) is 21.2 Å². The highest BCUT2D eigenvalue weighted by atomic mass is 79.9. The molecule has 0 aliphatic rings. The van der Waals surface area contributed by atoms with Gasteiger partial charge in [0.25, 0.3) is 0 Å². The largest absolute Gasteiger partial charge is 0.473 e. The lowest BCUT2D eigenvalue weighted by Gasteiger charge is -2.11. The van der Waals surface area contributed by atoms with E-state index in [9.17, 15) is 13.2 Å². The predicted molar refractivity (Wildman–Crippen MR) is 83.0 cm³/mol. The van der Waals surface area contributed by atoms with Crippen molar-refractivity contribution in [2.45, 2.75) is 20.5 Å². The maximum absolute atomic E-state index is 13.7. The molecule has 0 fully saturated rings. The van der Waals surface area contributed by atoms with Gasteiger partial charge in [0.1, 0.15) is 12.4 Å². The minimum absolute atomic E-state index is 0.317. The molecule has 0 spiro atoms. The van der Waals surface area contributed by atoms with E-state index in [1.165, 1.54) is 4.52 Å². The van der Waals surface area contributed by atoms with Crippen LogP contribution in [-0.4, -0.2) is 9.61 Å². The third kappa shape index (κ3) is 2.81. The van der Waals surface area contributed by atoms with Gasteiger partial charge in [0.15, 0.2) is 11.6 Å². The fraction of sp³-hybridized carbons (Fsp3) is 0.188. The number of halogens is 4. The zero-order valence-corrected chi connectivity index (χ0v) is 13.9. The van der Waals surface area contributed by atoms with E-state index in [2.05, 4.69) is 21.0 Å². The summed E-state index contributed by atoms with van der Waals surface area (Å²) in [5.41, 5.74) is 1.97. The van der Waals surface area contributed by atoms with E-state index in [-0.39, 0.29) is 0 Å². The smallest absolute Gasteiger partial charge is 0.215 e. The molecular weight excluding hydrogens is 373 g/mol. The zero-order chi connectivity index (χ0) is 16.7. The molecule has 7 heteroatoms. The molecule has 0 saturated heterocycles. The highest BCUT2D eigenvalue weighted by Crippen LogP contribution is 2.28. The van der Waals surface area contributed by atoms with Crippen molar-refractivity contribution in [3.63, 3.8) is 0 Å². The molecular formula is C16H12BrF3N2O. The van der Waals surface area contributed by atoms with Crippen LogP contribution in [0.4, 0.5) is 13.2 Å². The first-order valence-corrected chi connectivity index (χ1v) is 7.58. The minimum Gasteiger partial charge on any atom is -0.473 e. The molecule has 0 bridgehead atoms. The summed E-state index contributed by atoms with van der Waals surface area (Å²) in [6.07, 6.45) is 0. The summed E-state index contributed by atoms with van der Waals surface area (Å²) < 4.78 is 48.5. The number of fused-ring (bicyclic) bond motifs is 1. The van der Waals surface area contributed by atoms with Gasteiger partial charge in [0.2, 0.25) is 5.88 Å². The van der Waals surface area contributed by atoms with Gasteiger partial charge in [0, 0.05) is 6.07 Å². The molecule has 0 radical (unpaired) electrons. The van der Waals surface area contributed by atoms with Crippen LogP contribution >= 0.6 is 15.9 Å². The number of benzene rings is 1. The second-order valence-electron chi connectivity index (χ2n) is 5.18. The molecule has 0 aliphatic heterocycles. The van der Waals surface area contributed by atoms with Crippen LogP contribution in [0.15, 0.2) is 28.7 Å². The first-order valence-electron chi connectivity index (χ1n) is 6.79. The molecule has 0 atom stereocenters. The number of aryl methyl sites for hydroxylation is 2. The van der Waals surface area contributed by atoms with E-state index in [4.69, 9.17) is 4.74 Å². The summed E-state index contributed by atoms with van der Waals surface area (Å²) in [5, 5.41) is 4.31. The number of hydrogen-bond donors (Lipinski definition) is 0. The summed E-state index contributed by atoms with van der Waals surface area (Å²) in [5.74, 6) is -2.90. The number of aromatic nitrogens is 2. The first-order chi connectivity index (χ1) is 10.9. The first kappa shape index (κ1) is 15.9. The van der Waals surface area contributed by atoms with Crippen molar-refractivity contribution in [3.05, 3.63) is 63.0 Å². The van der Waals surface area contributed by atoms with Crippen LogP contribution in [0.3, 0.4) is 0 Å². The van der Waals surface area contributed by atoms with Crippen molar-refractivity contribution in [1.82, 2.24) is 9.61 Å². The molecule has 0 unspecified atom stereocenters. The van der Waals surface area contributed by atoms with Crippen molar-refractivity contribution in [1.29, 1.82) is 0 Å². The lowest BCUT2D eigenvalue weighted by Crippen LogP contribution is -2.07. The Morgan fingerprint density at radius 3 is 2.57 bits per heavy atom. The Morgan fingerprint density at radius 1 is 1.13 bits per heavy atom. The van der Waals surface area contributed by atoms with E-state index in [0.29, 0.717) is 5.88 Å². The fourth-order valence-electron chi connectivity index (χ4n) is 2.28. The van der Waals surface area contributed by atoms with Crippen LogP contribution in [0.25, 0.3) is 5.52 Å². The highest BCUT2D eigenvalue weighted by molar-refractivity contribution is 9.10. The number of hydrogen-bond acceptors (Lipinski definition) is 2. The molecule has 3 nitrogen and oxygen atoms in total. The molecule has 3 rings (SSSR count). The van der Waals surface area contributed by atoms with Gasteiger partial charge < -0.3 is 4.74 Å². The SMILES string of the molecule is Cc1cc(OCc2c(F)ccc(F)c2F)n2nc(C)c(Br)c2c1. The molecule has 1 aromatic carbocycles. The monoisotopic (exact) mass is 384 g/mol. The third-order valence-corrected chi connectivity index (χ3v) is 4.43. The predicted octanol–water partition coefficient (Wildman–Crippen LogP) is 4.71. The van der Waals surface area contributed by atoms with Crippen LogP contribution < -0.4 is 4.74 Å². The number of nitrogens with zero attached hydrogens (tertiary/aromatic N) is 2. The highest BCUT2D eigenvalue weighted by Gasteiger charge is 2.16. The Hall–Kier alpha value is -2.02. The van der Waals surface area contributed by atoms with Crippen molar-refractivity contribution < 1.29 is 17.9 Å². The summed E-state index contributed by atoms with van der Waals surface area (Å²) in [6, 6.07) is 5.21. The molecule has 0 amide bonds. The molecule has 0 N–H and O–H groups in total. The third-order valence-electron chi connectivity index (χ3n) is 3.45. The Labute approximate surface area is 138 Å². The quantitative estimate of drug-likeness (QED) is 0.611. The van der Waals surface area contributed by atoms with E-state index < -0.39 is 29.6 Å². The Bertz CT molecular complexity index is 908. The lowest BCUT2D eigenvalue weighted by molar-refractivity contribution is 0.271. The van der Waals surface area contributed by atoms with Crippen molar-refractivity contribution in [2.24, 2.45) is 0 Å². The average molecular weight is 385 g/mol. The van der Waals surface area contributed by atoms with Gasteiger partial charge in [-0.3, -0.25) is 0 Å².